The predicted molar refractivity (Wildman–Crippen MR) is 83.0 cm³/mol. The number of hydrogen-bond donors (Lipinski definition) is 1. The minimum absolute atomic E-state index is 0.595. The molecule has 1 aliphatic heterocycles. The lowest BCUT2D eigenvalue weighted by atomic mass is 10.0. The fourth-order valence-electron chi connectivity index (χ4n) is 2.93. The van der Waals surface area contributed by atoms with Crippen LogP contribution in [0, 0.1) is 5.92 Å². The zero-order valence-corrected chi connectivity index (χ0v) is 11.9. The van der Waals surface area contributed by atoms with Gasteiger partial charge in [-0.3, -0.25) is 4.98 Å². The van der Waals surface area contributed by atoms with Crippen molar-refractivity contribution in [3.05, 3.63) is 30.5 Å². The molecule has 1 unspecified atom stereocenters. The van der Waals surface area contributed by atoms with Crippen molar-refractivity contribution in [2.45, 2.75) is 12.8 Å². The van der Waals surface area contributed by atoms with E-state index in [1.54, 1.807) is 6.20 Å². The van der Waals surface area contributed by atoms with Crippen LogP contribution in [0.4, 0.5) is 11.4 Å². The lowest BCUT2D eigenvalue weighted by Gasteiger charge is -2.29. The molecule has 1 saturated heterocycles. The lowest BCUT2D eigenvalue weighted by molar-refractivity contribution is 0.0576. The molecule has 0 aliphatic carbocycles. The molecule has 2 N–H and O–H groups in total. The van der Waals surface area contributed by atoms with Gasteiger partial charge in [0.05, 0.1) is 23.5 Å². The second-order valence-corrected chi connectivity index (χ2v) is 5.53. The first-order valence-electron chi connectivity index (χ1n) is 7.18. The van der Waals surface area contributed by atoms with E-state index in [0.29, 0.717) is 5.92 Å². The predicted octanol–water partition coefficient (Wildman–Crippen LogP) is 2.68. The molecule has 1 atom stereocenters. The topological polar surface area (TPSA) is 51.4 Å². The first-order valence-corrected chi connectivity index (χ1v) is 7.18. The summed E-state index contributed by atoms with van der Waals surface area (Å²) in [5.74, 6) is 0.595. The number of nitrogens with two attached hydrogens (primary N) is 1. The number of rotatable bonds is 3. The quantitative estimate of drug-likeness (QED) is 0.872. The van der Waals surface area contributed by atoms with Crippen LogP contribution >= 0.6 is 0 Å². The van der Waals surface area contributed by atoms with E-state index < -0.39 is 0 Å². The average molecular weight is 271 g/mol. The Hall–Kier alpha value is -1.81. The fraction of sp³-hybridized carbons (Fsp3) is 0.438. The number of aromatic nitrogens is 1. The minimum atomic E-state index is 0.595. The van der Waals surface area contributed by atoms with Gasteiger partial charge in [-0.15, -0.1) is 0 Å². The number of benzene rings is 1. The molecule has 4 heteroatoms. The van der Waals surface area contributed by atoms with Crippen molar-refractivity contribution < 1.29 is 4.74 Å². The second-order valence-electron chi connectivity index (χ2n) is 5.53. The Morgan fingerprint density at radius 2 is 2.30 bits per heavy atom. The summed E-state index contributed by atoms with van der Waals surface area (Å²) in [5, 5.41) is 1.02. The van der Waals surface area contributed by atoms with Crippen LogP contribution in [-0.2, 0) is 4.74 Å². The number of ether oxygens (including phenoxy) is 1. The maximum atomic E-state index is 6.31. The van der Waals surface area contributed by atoms with Crippen LogP contribution < -0.4 is 10.6 Å². The standard InChI is InChI=1S/C16H21N3O/c1-19(10-12-4-3-9-20-11-12)15-7-6-14-13(16(15)17)5-2-8-18-14/h2,5-8,12H,3-4,9-11,17H2,1H3. The van der Waals surface area contributed by atoms with Gasteiger partial charge < -0.3 is 15.4 Å². The number of pyridine rings is 1. The van der Waals surface area contributed by atoms with Gasteiger partial charge in [-0.25, -0.2) is 0 Å². The van der Waals surface area contributed by atoms with Crippen molar-refractivity contribution in [3.63, 3.8) is 0 Å². The van der Waals surface area contributed by atoms with Gasteiger partial charge in [-0.05, 0) is 43.0 Å². The molecule has 20 heavy (non-hydrogen) atoms. The van der Waals surface area contributed by atoms with Crippen LogP contribution in [0.1, 0.15) is 12.8 Å². The Bertz CT molecular complexity index is 593. The highest BCUT2D eigenvalue weighted by molar-refractivity contribution is 5.97. The monoisotopic (exact) mass is 271 g/mol. The molecule has 0 saturated carbocycles. The molecule has 1 aromatic carbocycles. The van der Waals surface area contributed by atoms with Gasteiger partial charge in [-0.2, -0.15) is 0 Å². The van der Waals surface area contributed by atoms with E-state index >= 15 is 0 Å². The van der Waals surface area contributed by atoms with Gasteiger partial charge in [-0.1, -0.05) is 0 Å². The molecule has 0 spiro atoms. The highest BCUT2D eigenvalue weighted by Crippen LogP contribution is 2.30. The molecule has 1 aromatic heterocycles. The van der Waals surface area contributed by atoms with Gasteiger partial charge in [0, 0.05) is 31.8 Å². The van der Waals surface area contributed by atoms with Crippen molar-refractivity contribution >= 4 is 22.3 Å². The van der Waals surface area contributed by atoms with Crippen molar-refractivity contribution in [3.8, 4) is 0 Å². The Balaban J connectivity index is 1.83. The Morgan fingerprint density at radius 3 is 3.10 bits per heavy atom. The van der Waals surface area contributed by atoms with E-state index in [0.717, 1.165) is 48.5 Å². The second kappa shape index (κ2) is 5.67. The maximum absolute atomic E-state index is 6.31. The Morgan fingerprint density at radius 1 is 1.40 bits per heavy atom. The summed E-state index contributed by atoms with van der Waals surface area (Å²) in [6.07, 6.45) is 4.19. The van der Waals surface area contributed by atoms with Crippen molar-refractivity contribution in [2.24, 2.45) is 5.92 Å². The number of nitrogen functional groups attached to an aromatic ring is 1. The van der Waals surface area contributed by atoms with E-state index in [1.165, 1.54) is 6.42 Å². The maximum Gasteiger partial charge on any atom is 0.0724 e. The van der Waals surface area contributed by atoms with Crippen LogP contribution in [0.25, 0.3) is 10.9 Å². The molecule has 1 fully saturated rings. The third-order valence-corrected chi connectivity index (χ3v) is 4.00. The van der Waals surface area contributed by atoms with Crippen LogP contribution in [0.15, 0.2) is 30.5 Å². The van der Waals surface area contributed by atoms with Crippen molar-refractivity contribution in [1.29, 1.82) is 0 Å². The van der Waals surface area contributed by atoms with Crippen molar-refractivity contribution in [2.75, 3.05) is 37.4 Å². The van der Waals surface area contributed by atoms with E-state index in [9.17, 15) is 0 Å². The lowest BCUT2D eigenvalue weighted by Crippen LogP contribution is -2.31. The molecule has 0 amide bonds. The summed E-state index contributed by atoms with van der Waals surface area (Å²) in [5.41, 5.74) is 9.15. The largest absolute Gasteiger partial charge is 0.396 e. The number of nitrogens with zero attached hydrogens (tertiary/aromatic N) is 2. The molecule has 3 rings (SSSR count). The van der Waals surface area contributed by atoms with Crippen LogP contribution in [-0.4, -0.2) is 31.8 Å². The molecule has 4 nitrogen and oxygen atoms in total. The zero-order chi connectivity index (χ0) is 13.9. The summed E-state index contributed by atoms with van der Waals surface area (Å²) in [7, 11) is 2.10. The van der Waals surface area contributed by atoms with E-state index in [2.05, 4.69) is 23.0 Å². The van der Waals surface area contributed by atoms with Gasteiger partial charge >= 0.3 is 0 Å². The SMILES string of the molecule is CN(CC1CCCOC1)c1ccc2ncccc2c1N. The smallest absolute Gasteiger partial charge is 0.0724 e. The number of fused-ring (bicyclic) bond motifs is 1. The summed E-state index contributed by atoms with van der Waals surface area (Å²) in [6, 6.07) is 8.05. The molecular formula is C16H21N3O. The normalized spacial score (nSPS) is 19.1. The van der Waals surface area contributed by atoms with Crippen LogP contribution in [0.5, 0.6) is 0 Å². The highest BCUT2D eigenvalue weighted by atomic mass is 16.5. The summed E-state index contributed by atoms with van der Waals surface area (Å²) >= 11 is 0. The molecular weight excluding hydrogens is 250 g/mol. The summed E-state index contributed by atoms with van der Waals surface area (Å²) in [4.78, 5) is 6.58. The first kappa shape index (κ1) is 13.2. The van der Waals surface area contributed by atoms with E-state index in [-0.39, 0.29) is 0 Å². The fourth-order valence-corrected chi connectivity index (χ4v) is 2.93. The van der Waals surface area contributed by atoms with Crippen LogP contribution in [0.3, 0.4) is 0 Å². The van der Waals surface area contributed by atoms with E-state index in [1.807, 2.05) is 18.2 Å². The van der Waals surface area contributed by atoms with Gasteiger partial charge in [0.2, 0.25) is 0 Å². The Kier molecular flexibility index (Phi) is 3.74. The molecule has 1 aliphatic rings. The third kappa shape index (κ3) is 2.56. The van der Waals surface area contributed by atoms with Gasteiger partial charge in [0.25, 0.3) is 0 Å². The number of anilines is 2. The first-order chi connectivity index (χ1) is 9.75. The van der Waals surface area contributed by atoms with Crippen molar-refractivity contribution in [1.82, 2.24) is 4.98 Å². The number of hydrogen-bond acceptors (Lipinski definition) is 4. The Labute approximate surface area is 119 Å². The van der Waals surface area contributed by atoms with Gasteiger partial charge in [0.15, 0.2) is 0 Å². The molecule has 0 bridgehead atoms. The highest BCUT2D eigenvalue weighted by Gasteiger charge is 2.17. The zero-order valence-electron chi connectivity index (χ0n) is 11.9. The molecule has 0 radical (unpaired) electrons. The molecule has 2 heterocycles. The average Bonchev–Trinajstić information content (AvgIpc) is 2.49. The summed E-state index contributed by atoms with van der Waals surface area (Å²) < 4.78 is 5.55. The minimum Gasteiger partial charge on any atom is -0.396 e. The van der Waals surface area contributed by atoms with E-state index in [4.69, 9.17) is 10.5 Å². The molecule has 106 valence electrons. The van der Waals surface area contributed by atoms with Crippen LogP contribution in [0.2, 0.25) is 0 Å². The third-order valence-electron chi connectivity index (χ3n) is 4.00. The van der Waals surface area contributed by atoms with Gasteiger partial charge in [0.1, 0.15) is 0 Å². The summed E-state index contributed by atoms with van der Waals surface area (Å²) in [6.45, 7) is 2.75. The molecule has 2 aromatic rings.